The molecule has 0 amide bonds. The molecule has 0 bridgehead atoms. The molecule has 4 rings (SSSR count). The summed E-state index contributed by atoms with van der Waals surface area (Å²) in [5.74, 6) is -0.808. The number of hydrogen-bond acceptors (Lipinski definition) is 3. The van der Waals surface area contributed by atoms with Crippen LogP contribution in [0.2, 0.25) is 0 Å². The Hall–Kier alpha value is -2.65. The summed E-state index contributed by atoms with van der Waals surface area (Å²) in [4.78, 5) is 40.0. The number of hydrogen-bond donors (Lipinski definition) is 0. The van der Waals surface area contributed by atoms with E-state index >= 15 is 0 Å². The van der Waals surface area contributed by atoms with Gasteiger partial charge in [0.05, 0.1) is 0 Å². The van der Waals surface area contributed by atoms with Crippen LogP contribution in [0.5, 0.6) is 0 Å². The maximum absolute atomic E-state index is 13.6. The monoisotopic (exact) mass is 642 g/mol. The zero-order valence-corrected chi connectivity index (χ0v) is 21.0. The van der Waals surface area contributed by atoms with Crippen LogP contribution in [0.25, 0.3) is 0 Å². The molecule has 156 valence electrons. The van der Waals surface area contributed by atoms with Crippen molar-refractivity contribution in [3.63, 3.8) is 0 Å². The van der Waals surface area contributed by atoms with Crippen LogP contribution in [0.15, 0.2) is 97.1 Å². The van der Waals surface area contributed by atoms with Gasteiger partial charge in [-0.25, -0.2) is 0 Å². The lowest BCUT2D eigenvalue weighted by molar-refractivity contribution is 0.0994. The summed E-state index contributed by atoms with van der Waals surface area (Å²) < 4.78 is 1.87. The van der Waals surface area contributed by atoms with E-state index < -0.39 is 0 Å². The zero-order chi connectivity index (χ0) is 22.7. The predicted molar refractivity (Wildman–Crippen MR) is 141 cm³/mol. The van der Waals surface area contributed by atoms with E-state index in [0.29, 0.717) is 22.3 Å². The smallest absolute Gasteiger partial charge is 0.194 e. The Kier molecular flexibility index (Phi) is 6.95. The molecule has 0 heterocycles. The second-order valence-electron chi connectivity index (χ2n) is 7.10. The molecular weight excluding hydrogens is 626 g/mol. The third-order valence-corrected chi connectivity index (χ3v) is 6.35. The van der Waals surface area contributed by atoms with Gasteiger partial charge in [-0.2, -0.15) is 0 Å². The van der Waals surface area contributed by atoms with Gasteiger partial charge in [-0.05, 0) is 69.4 Å². The lowest BCUT2D eigenvalue weighted by Crippen LogP contribution is -2.15. The number of benzene rings is 4. The highest BCUT2D eigenvalue weighted by Crippen LogP contribution is 2.23. The van der Waals surface area contributed by atoms with Gasteiger partial charge in [0.25, 0.3) is 0 Å². The Morgan fingerprint density at radius 1 is 0.438 bits per heavy atom. The number of ketones is 3. The van der Waals surface area contributed by atoms with Crippen molar-refractivity contribution in [1.29, 1.82) is 0 Å². The minimum Gasteiger partial charge on any atom is -0.289 e. The molecule has 0 aromatic heterocycles. The Bertz CT molecular complexity index is 1260. The lowest BCUT2D eigenvalue weighted by atomic mass is 9.89. The molecule has 0 aliphatic carbocycles. The second kappa shape index (κ2) is 9.87. The molecule has 0 radical (unpaired) electrons. The van der Waals surface area contributed by atoms with Gasteiger partial charge in [0.15, 0.2) is 17.3 Å². The van der Waals surface area contributed by atoms with Crippen molar-refractivity contribution in [2.75, 3.05) is 0 Å². The fraction of sp³-hybridized carbons (Fsp3) is 0. The molecule has 0 saturated heterocycles. The average molecular weight is 642 g/mol. The SMILES string of the molecule is O=C(c1cccc(I)c1)c1ccccc1C(=O)c1ccccc1C(=O)c1cccc(I)c1. The molecule has 32 heavy (non-hydrogen) atoms. The summed E-state index contributed by atoms with van der Waals surface area (Å²) in [6.45, 7) is 0. The van der Waals surface area contributed by atoms with E-state index in [1.807, 2.05) is 24.3 Å². The van der Waals surface area contributed by atoms with E-state index in [9.17, 15) is 14.4 Å². The van der Waals surface area contributed by atoms with Crippen LogP contribution in [-0.4, -0.2) is 17.3 Å². The third kappa shape index (κ3) is 4.73. The van der Waals surface area contributed by atoms with Gasteiger partial charge in [-0.15, -0.1) is 0 Å². The van der Waals surface area contributed by atoms with Gasteiger partial charge < -0.3 is 0 Å². The molecule has 5 heteroatoms. The molecule has 0 aliphatic rings. The fourth-order valence-electron chi connectivity index (χ4n) is 3.47. The van der Waals surface area contributed by atoms with Crippen LogP contribution in [0, 0.1) is 7.14 Å². The highest BCUT2D eigenvalue weighted by Gasteiger charge is 2.23. The van der Waals surface area contributed by atoms with Crippen LogP contribution < -0.4 is 0 Å². The predicted octanol–water partition coefficient (Wildman–Crippen LogP) is 6.59. The van der Waals surface area contributed by atoms with Crippen molar-refractivity contribution in [3.8, 4) is 0 Å². The number of rotatable bonds is 6. The minimum absolute atomic E-state index is 0.228. The standard InChI is InChI=1S/C27H16I2O3/c28-19-9-5-7-17(15-19)25(30)21-11-1-3-13-23(21)27(32)24-14-4-2-12-22(24)26(31)18-8-6-10-20(29)16-18/h1-16H. The largest absolute Gasteiger partial charge is 0.289 e. The molecule has 0 atom stereocenters. The van der Waals surface area contributed by atoms with Crippen molar-refractivity contribution in [2.24, 2.45) is 0 Å². The molecule has 4 aromatic rings. The summed E-state index contributed by atoms with van der Waals surface area (Å²) in [6, 6.07) is 28.0. The second-order valence-corrected chi connectivity index (χ2v) is 9.59. The van der Waals surface area contributed by atoms with Crippen molar-refractivity contribution >= 4 is 62.5 Å². The molecule has 3 nitrogen and oxygen atoms in total. The van der Waals surface area contributed by atoms with E-state index in [2.05, 4.69) is 45.2 Å². The van der Waals surface area contributed by atoms with E-state index in [1.165, 1.54) is 0 Å². The maximum Gasteiger partial charge on any atom is 0.194 e. The van der Waals surface area contributed by atoms with Crippen molar-refractivity contribution in [1.82, 2.24) is 0 Å². The zero-order valence-electron chi connectivity index (χ0n) is 16.7. The molecule has 0 aliphatic heterocycles. The highest BCUT2D eigenvalue weighted by atomic mass is 127. The molecule has 0 spiro atoms. The average Bonchev–Trinajstić information content (AvgIpc) is 2.82. The van der Waals surface area contributed by atoms with E-state index in [0.717, 1.165) is 7.14 Å². The van der Waals surface area contributed by atoms with Crippen molar-refractivity contribution in [2.45, 2.75) is 0 Å². The van der Waals surface area contributed by atoms with E-state index in [4.69, 9.17) is 0 Å². The topological polar surface area (TPSA) is 51.2 Å². The van der Waals surface area contributed by atoms with Gasteiger partial charge in [-0.3, -0.25) is 14.4 Å². The number of halogens is 2. The van der Waals surface area contributed by atoms with Crippen LogP contribution in [0.1, 0.15) is 47.8 Å². The fourth-order valence-corrected chi connectivity index (χ4v) is 4.56. The number of carbonyl (C=O) groups excluding carboxylic acids is 3. The maximum atomic E-state index is 13.6. The Labute approximate surface area is 213 Å². The molecular formula is C27H16I2O3. The first-order valence-corrected chi connectivity index (χ1v) is 11.9. The molecule has 0 saturated carbocycles. The van der Waals surface area contributed by atoms with Crippen LogP contribution in [0.3, 0.4) is 0 Å². The summed E-state index contributed by atoms with van der Waals surface area (Å²) in [7, 11) is 0. The van der Waals surface area contributed by atoms with Crippen LogP contribution >= 0.6 is 45.2 Å². The first kappa shape index (κ1) is 22.5. The van der Waals surface area contributed by atoms with Crippen LogP contribution in [-0.2, 0) is 0 Å². The van der Waals surface area contributed by atoms with Gasteiger partial charge in [0.1, 0.15) is 0 Å². The van der Waals surface area contributed by atoms with Gasteiger partial charge in [0, 0.05) is 40.5 Å². The van der Waals surface area contributed by atoms with Gasteiger partial charge >= 0.3 is 0 Å². The van der Waals surface area contributed by atoms with Crippen molar-refractivity contribution in [3.05, 3.63) is 138 Å². The Morgan fingerprint density at radius 2 is 0.781 bits per heavy atom. The van der Waals surface area contributed by atoms with Gasteiger partial charge in [0.2, 0.25) is 0 Å². The van der Waals surface area contributed by atoms with E-state index in [-0.39, 0.29) is 28.5 Å². The molecule has 0 fully saturated rings. The molecule has 4 aromatic carbocycles. The Balaban J connectivity index is 1.77. The number of carbonyl (C=O) groups is 3. The summed E-state index contributed by atoms with van der Waals surface area (Å²) >= 11 is 4.30. The highest BCUT2D eigenvalue weighted by molar-refractivity contribution is 14.1. The lowest BCUT2D eigenvalue weighted by Gasteiger charge is -2.12. The van der Waals surface area contributed by atoms with E-state index in [1.54, 1.807) is 72.8 Å². The third-order valence-electron chi connectivity index (χ3n) is 5.01. The Morgan fingerprint density at radius 3 is 1.12 bits per heavy atom. The normalized spacial score (nSPS) is 10.6. The summed E-state index contributed by atoms with van der Waals surface area (Å²) in [5, 5.41) is 0. The first-order valence-electron chi connectivity index (χ1n) is 9.79. The summed E-state index contributed by atoms with van der Waals surface area (Å²) in [5.41, 5.74) is 2.21. The molecule has 0 unspecified atom stereocenters. The summed E-state index contributed by atoms with van der Waals surface area (Å²) in [6.07, 6.45) is 0. The van der Waals surface area contributed by atoms with Gasteiger partial charge in [-0.1, -0.05) is 72.8 Å². The first-order chi connectivity index (χ1) is 15.5. The van der Waals surface area contributed by atoms with Crippen molar-refractivity contribution < 1.29 is 14.4 Å². The molecule has 0 N–H and O–H groups in total. The quantitative estimate of drug-likeness (QED) is 0.176. The van der Waals surface area contributed by atoms with Crippen LogP contribution in [0.4, 0.5) is 0 Å². The minimum atomic E-state index is -0.353.